The molecule has 1 aromatic heterocycles. The Morgan fingerprint density at radius 2 is 1.81 bits per heavy atom. The van der Waals surface area contributed by atoms with Crippen LogP contribution < -0.4 is 5.32 Å². The van der Waals surface area contributed by atoms with Gasteiger partial charge in [0, 0.05) is 49.7 Å². The topological polar surface area (TPSA) is 99.0 Å². The van der Waals surface area contributed by atoms with Crippen molar-refractivity contribution in [3.8, 4) is 0 Å². The van der Waals surface area contributed by atoms with Crippen LogP contribution in [0.3, 0.4) is 0 Å². The molecule has 2 bridgehead atoms. The molecule has 1 aliphatic carbocycles. The van der Waals surface area contributed by atoms with E-state index >= 15 is 0 Å². The molecule has 0 aromatic carbocycles. The van der Waals surface area contributed by atoms with E-state index < -0.39 is 10.0 Å². The maximum atomic E-state index is 13.1. The number of likely N-dealkylation sites (N-methyl/N-ethyl adjacent to an activating group) is 2. The number of carbonyl (C=O) groups excluding carboxylic acids is 1. The van der Waals surface area contributed by atoms with Gasteiger partial charge in [-0.05, 0) is 59.7 Å². The molecule has 1 amide bonds. The Balaban J connectivity index is 1.30. The van der Waals surface area contributed by atoms with Crippen LogP contribution >= 0.6 is 0 Å². The number of fused-ring (bicyclic) bond motifs is 2. The Bertz CT molecular complexity index is 868. The molecular weight excluding hydrogens is 418 g/mol. The molecule has 3 fully saturated rings. The second-order valence-electron chi connectivity index (χ2n) is 9.67. The number of aromatic nitrogens is 1. The van der Waals surface area contributed by atoms with E-state index in [1.807, 2.05) is 21.1 Å². The van der Waals surface area contributed by atoms with Crippen LogP contribution in [0.5, 0.6) is 0 Å². The van der Waals surface area contributed by atoms with Gasteiger partial charge in [0.25, 0.3) is 5.91 Å². The minimum absolute atomic E-state index is 0.0273. The standard InChI is InChI=1S/C21H35N5O4S/c1-24(2)8-9-25(3)10-11-31(28,29)26-17-6-7-18(26)13-16(12-17)22-21(27)19-14-20(30-23-19)15-4-5-15/h14-18H,4-13H2,1-3H3,(H,22,27)/t16?,17-,18+. The van der Waals surface area contributed by atoms with Gasteiger partial charge in [-0.3, -0.25) is 4.79 Å². The van der Waals surface area contributed by atoms with Crippen LogP contribution in [-0.2, 0) is 10.0 Å². The quantitative estimate of drug-likeness (QED) is 0.566. The van der Waals surface area contributed by atoms with Crippen molar-refractivity contribution >= 4 is 15.9 Å². The fraction of sp³-hybridized carbons (Fsp3) is 0.810. The number of hydrogen-bond acceptors (Lipinski definition) is 7. The van der Waals surface area contributed by atoms with Crippen molar-refractivity contribution in [3.05, 3.63) is 17.5 Å². The Hall–Kier alpha value is -1.49. The van der Waals surface area contributed by atoms with Crippen molar-refractivity contribution < 1.29 is 17.7 Å². The van der Waals surface area contributed by atoms with E-state index in [1.54, 1.807) is 10.4 Å². The van der Waals surface area contributed by atoms with Gasteiger partial charge in [-0.15, -0.1) is 0 Å². The summed E-state index contributed by atoms with van der Waals surface area (Å²) in [6.45, 7) is 2.27. The van der Waals surface area contributed by atoms with Gasteiger partial charge in [0.2, 0.25) is 10.0 Å². The normalized spacial score (nSPS) is 26.7. The van der Waals surface area contributed by atoms with E-state index in [1.165, 1.54) is 0 Å². The number of piperidine rings is 1. The molecule has 2 saturated heterocycles. The van der Waals surface area contributed by atoms with E-state index in [0.717, 1.165) is 44.5 Å². The lowest BCUT2D eigenvalue weighted by molar-refractivity contribution is 0.0900. The summed E-state index contributed by atoms with van der Waals surface area (Å²) in [6.07, 6.45) is 5.23. The minimum Gasteiger partial charge on any atom is -0.360 e. The summed E-state index contributed by atoms with van der Waals surface area (Å²) in [5.41, 5.74) is 0.324. The first-order chi connectivity index (χ1) is 14.7. The third-order valence-corrected chi connectivity index (χ3v) is 8.66. The van der Waals surface area contributed by atoms with Crippen LogP contribution in [-0.4, -0.2) is 98.2 Å². The average Bonchev–Trinajstić information content (AvgIpc) is 3.37. The average molecular weight is 454 g/mol. The van der Waals surface area contributed by atoms with Gasteiger partial charge in [-0.2, -0.15) is 4.31 Å². The third kappa shape index (κ3) is 5.47. The van der Waals surface area contributed by atoms with Gasteiger partial charge in [-0.1, -0.05) is 5.16 Å². The molecule has 4 rings (SSSR count). The summed E-state index contributed by atoms with van der Waals surface area (Å²) in [4.78, 5) is 16.8. The van der Waals surface area contributed by atoms with Gasteiger partial charge >= 0.3 is 0 Å². The van der Waals surface area contributed by atoms with Crippen LogP contribution in [0.1, 0.15) is 60.7 Å². The zero-order chi connectivity index (χ0) is 22.2. The fourth-order valence-electron chi connectivity index (χ4n) is 4.78. The molecule has 3 atom stereocenters. The van der Waals surface area contributed by atoms with Gasteiger partial charge in [0.1, 0.15) is 5.76 Å². The number of hydrogen-bond donors (Lipinski definition) is 1. The summed E-state index contributed by atoms with van der Waals surface area (Å²) in [7, 11) is 2.68. The number of amides is 1. The van der Waals surface area contributed by atoms with Gasteiger partial charge in [0.15, 0.2) is 5.69 Å². The number of rotatable bonds is 10. The highest BCUT2D eigenvalue weighted by Crippen LogP contribution is 2.40. The SMILES string of the molecule is CN(C)CCN(C)CCS(=O)(=O)N1[C@@H]2CC[C@H]1CC(NC(=O)c1cc(C3CC3)on1)C2. The van der Waals surface area contributed by atoms with Crippen LogP contribution in [0.25, 0.3) is 0 Å². The van der Waals surface area contributed by atoms with E-state index in [2.05, 4.69) is 20.3 Å². The first kappa shape index (κ1) is 22.7. The predicted octanol–water partition coefficient (Wildman–Crippen LogP) is 1.10. The van der Waals surface area contributed by atoms with Gasteiger partial charge < -0.3 is 19.6 Å². The van der Waals surface area contributed by atoms with Crippen molar-refractivity contribution in [2.45, 2.75) is 62.6 Å². The summed E-state index contributed by atoms with van der Waals surface area (Å²) < 4.78 is 33.2. The summed E-state index contributed by atoms with van der Waals surface area (Å²) in [5, 5.41) is 6.98. The van der Waals surface area contributed by atoms with Crippen molar-refractivity contribution in [2.24, 2.45) is 0 Å². The highest BCUT2D eigenvalue weighted by Gasteiger charge is 2.46. The van der Waals surface area contributed by atoms with E-state index in [0.29, 0.717) is 31.0 Å². The fourth-order valence-corrected chi connectivity index (χ4v) is 6.83. The second kappa shape index (κ2) is 9.17. The highest BCUT2D eigenvalue weighted by atomic mass is 32.2. The molecular formula is C21H35N5O4S. The molecule has 9 nitrogen and oxygen atoms in total. The monoisotopic (exact) mass is 453 g/mol. The summed E-state index contributed by atoms with van der Waals surface area (Å²) >= 11 is 0. The van der Waals surface area contributed by atoms with E-state index in [4.69, 9.17) is 4.52 Å². The molecule has 10 heteroatoms. The highest BCUT2D eigenvalue weighted by molar-refractivity contribution is 7.89. The molecule has 1 aromatic rings. The molecule has 1 N–H and O–H groups in total. The predicted molar refractivity (Wildman–Crippen MR) is 117 cm³/mol. The first-order valence-electron chi connectivity index (χ1n) is 11.3. The van der Waals surface area contributed by atoms with Gasteiger partial charge in [-0.25, -0.2) is 8.42 Å². The Morgan fingerprint density at radius 1 is 1.13 bits per heavy atom. The number of carbonyl (C=O) groups is 1. The lowest BCUT2D eigenvalue weighted by Gasteiger charge is -2.38. The zero-order valence-electron chi connectivity index (χ0n) is 18.8. The second-order valence-corrected chi connectivity index (χ2v) is 11.7. The first-order valence-corrected chi connectivity index (χ1v) is 13.0. The molecule has 3 heterocycles. The van der Waals surface area contributed by atoms with E-state index in [-0.39, 0.29) is 29.8 Å². The number of sulfonamides is 1. The van der Waals surface area contributed by atoms with Crippen LogP contribution in [0, 0.1) is 0 Å². The third-order valence-electron chi connectivity index (χ3n) is 6.72. The Kier molecular flexibility index (Phi) is 6.71. The minimum atomic E-state index is -3.32. The Morgan fingerprint density at radius 3 is 2.42 bits per heavy atom. The van der Waals surface area contributed by atoms with Crippen molar-refractivity contribution in [2.75, 3.05) is 46.5 Å². The molecule has 0 spiro atoms. The smallest absolute Gasteiger partial charge is 0.273 e. The van der Waals surface area contributed by atoms with Crippen molar-refractivity contribution in [1.82, 2.24) is 24.6 Å². The molecule has 0 radical (unpaired) electrons. The largest absolute Gasteiger partial charge is 0.360 e. The molecule has 174 valence electrons. The zero-order valence-corrected chi connectivity index (χ0v) is 19.6. The molecule has 2 aliphatic heterocycles. The van der Waals surface area contributed by atoms with Crippen molar-refractivity contribution in [1.29, 1.82) is 0 Å². The van der Waals surface area contributed by atoms with E-state index in [9.17, 15) is 13.2 Å². The van der Waals surface area contributed by atoms with Crippen LogP contribution in [0.2, 0.25) is 0 Å². The molecule has 1 unspecified atom stereocenters. The lowest BCUT2D eigenvalue weighted by Crippen LogP contribution is -2.53. The number of nitrogens with zero attached hydrogens (tertiary/aromatic N) is 4. The van der Waals surface area contributed by atoms with Crippen LogP contribution in [0.4, 0.5) is 0 Å². The summed E-state index contributed by atoms with van der Waals surface area (Å²) in [5.74, 6) is 1.13. The molecule has 31 heavy (non-hydrogen) atoms. The lowest BCUT2D eigenvalue weighted by atomic mass is 9.99. The molecule has 1 saturated carbocycles. The van der Waals surface area contributed by atoms with Crippen LogP contribution in [0.15, 0.2) is 10.6 Å². The Labute approximate surface area is 185 Å². The van der Waals surface area contributed by atoms with Crippen molar-refractivity contribution in [3.63, 3.8) is 0 Å². The maximum Gasteiger partial charge on any atom is 0.273 e. The van der Waals surface area contributed by atoms with Gasteiger partial charge in [0.05, 0.1) is 5.75 Å². The summed E-state index contributed by atoms with van der Waals surface area (Å²) in [6, 6.07) is 1.66. The molecule has 3 aliphatic rings. The maximum absolute atomic E-state index is 13.1. The number of nitrogens with one attached hydrogen (secondary N) is 1.